The topological polar surface area (TPSA) is 58.5 Å². The normalized spacial score (nSPS) is 19.5. The number of nitrogens with zero attached hydrogens (tertiary/aromatic N) is 2. The van der Waals surface area contributed by atoms with Crippen LogP contribution in [0.1, 0.15) is 51.2 Å². The summed E-state index contributed by atoms with van der Waals surface area (Å²) >= 11 is 1.68. The van der Waals surface area contributed by atoms with Crippen LogP contribution in [0.4, 0.5) is 0 Å². The molecular weight excluding hydrogens is 296 g/mol. The van der Waals surface area contributed by atoms with Crippen molar-refractivity contribution >= 4 is 17.3 Å². The molecule has 0 spiro atoms. The molecule has 0 aromatic carbocycles. The van der Waals surface area contributed by atoms with Gasteiger partial charge in [0.1, 0.15) is 5.01 Å². The smallest absolute Gasteiger partial charge is 0.191 e. The summed E-state index contributed by atoms with van der Waals surface area (Å²) in [4.78, 5) is 9.31. The third-order valence-corrected chi connectivity index (χ3v) is 4.39. The van der Waals surface area contributed by atoms with Crippen LogP contribution in [-0.2, 0) is 16.7 Å². The Morgan fingerprint density at radius 3 is 2.86 bits per heavy atom. The Morgan fingerprint density at radius 1 is 1.45 bits per heavy atom. The molecule has 0 radical (unpaired) electrons. The predicted octanol–water partition coefficient (Wildman–Crippen LogP) is 2.67. The first kappa shape index (κ1) is 17.2. The number of aliphatic imine (C=N–C) groups is 1. The third-order valence-electron chi connectivity index (χ3n) is 3.56. The van der Waals surface area contributed by atoms with Gasteiger partial charge in [0, 0.05) is 30.5 Å². The molecule has 124 valence electrons. The predicted molar refractivity (Wildman–Crippen MR) is 92.6 cm³/mol. The molecule has 1 atom stereocenters. The van der Waals surface area contributed by atoms with Gasteiger partial charge in [0.25, 0.3) is 0 Å². The van der Waals surface area contributed by atoms with E-state index in [0.29, 0.717) is 12.6 Å². The van der Waals surface area contributed by atoms with Crippen molar-refractivity contribution in [1.82, 2.24) is 15.6 Å². The number of ether oxygens (including phenoxy) is 1. The van der Waals surface area contributed by atoms with Gasteiger partial charge in [-0.1, -0.05) is 20.8 Å². The third kappa shape index (κ3) is 5.25. The maximum atomic E-state index is 5.63. The summed E-state index contributed by atoms with van der Waals surface area (Å²) in [6.07, 6.45) is 2.61. The first-order valence-corrected chi connectivity index (χ1v) is 8.95. The van der Waals surface area contributed by atoms with Crippen molar-refractivity contribution in [3.63, 3.8) is 0 Å². The van der Waals surface area contributed by atoms with Crippen LogP contribution in [0.15, 0.2) is 10.4 Å². The number of guanidine groups is 1. The number of hydrogen-bond donors (Lipinski definition) is 2. The molecule has 1 aromatic heterocycles. The number of thiazole rings is 1. The highest BCUT2D eigenvalue weighted by Crippen LogP contribution is 2.24. The van der Waals surface area contributed by atoms with E-state index < -0.39 is 0 Å². The van der Waals surface area contributed by atoms with Crippen LogP contribution in [0, 0.1) is 0 Å². The van der Waals surface area contributed by atoms with Gasteiger partial charge in [-0.05, 0) is 19.8 Å². The standard InChI is InChI=1S/C16H28N4OS/c1-5-17-15(18-9-12-7-6-8-21-12)19-10-14-20-13(11-22-14)16(2,3)4/h11-12H,5-10H2,1-4H3,(H2,17,18,19). The van der Waals surface area contributed by atoms with Gasteiger partial charge < -0.3 is 15.4 Å². The van der Waals surface area contributed by atoms with Crippen molar-refractivity contribution in [1.29, 1.82) is 0 Å². The number of aromatic nitrogens is 1. The maximum absolute atomic E-state index is 5.63. The SMILES string of the molecule is CCNC(=NCc1nc(C(C)(C)C)cs1)NCC1CCCO1. The van der Waals surface area contributed by atoms with Gasteiger partial charge >= 0.3 is 0 Å². The lowest BCUT2D eigenvalue weighted by molar-refractivity contribution is 0.114. The van der Waals surface area contributed by atoms with Crippen molar-refractivity contribution in [2.75, 3.05) is 19.7 Å². The summed E-state index contributed by atoms with van der Waals surface area (Å²) in [5.41, 5.74) is 1.24. The van der Waals surface area contributed by atoms with Crippen molar-refractivity contribution < 1.29 is 4.74 Å². The van der Waals surface area contributed by atoms with Crippen LogP contribution in [-0.4, -0.2) is 36.7 Å². The summed E-state index contributed by atoms with van der Waals surface area (Å²) < 4.78 is 5.63. The van der Waals surface area contributed by atoms with Crippen LogP contribution >= 0.6 is 11.3 Å². The van der Waals surface area contributed by atoms with Gasteiger partial charge in [0.2, 0.25) is 0 Å². The quantitative estimate of drug-likeness (QED) is 0.646. The van der Waals surface area contributed by atoms with E-state index >= 15 is 0 Å². The van der Waals surface area contributed by atoms with E-state index in [1.54, 1.807) is 11.3 Å². The zero-order valence-corrected chi connectivity index (χ0v) is 14.9. The van der Waals surface area contributed by atoms with E-state index in [9.17, 15) is 0 Å². The second kappa shape index (κ2) is 7.92. The molecule has 0 aliphatic carbocycles. The molecule has 2 N–H and O–H groups in total. The Balaban J connectivity index is 1.89. The highest BCUT2D eigenvalue weighted by atomic mass is 32.1. The highest BCUT2D eigenvalue weighted by Gasteiger charge is 2.17. The van der Waals surface area contributed by atoms with E-state index in [-0.39, 0.29) is 5.41 Å². The Labute approximate surface area is 137 Å². The molecule has 1 aliphatic rings. The Hall–Kier alpha value is -1.14. The minimum absolute atomic E-state index is 0.0982. The van der Waals surface area contributed by atoms with Crippen molar-refractivity contribution in [2.24, 2.45) is 4.99 Å². The molecule has 0 saturated carbocycles. The molecule has 1 unspecified atom stereocenters. The fourth-order valence-electron chi connectivity index (χ4n) is 2.23. The van der Waals surface area contributed by atoms with Crippen LogP contribution in [0.5, 0.6) is 0 Å². The number of hydrogen-bond acceptors (Lipinski definition) is 4. The second-order valence-electron chi connectivity index (χ2n) is 6.59. The van der Waals surface area contributed by atoms with Gasteiger partial charge in [-0.25, -0.2) is 9.98 Å². The fourth-order valence-corrected chi connectivity index (χ4v) is 3.18. The molecule has 1 aromatic rings. The minimum atomic E-state index is 0.0982. The van der Waals surface area contributed by atoms with Crippen molar-refractivity contribution in [3.8, 4) is 0 Å². The van der Waals surface area contributed by atoms with E-state index in [1.165, 1.54) is 0 Å². The van der Waals surface area contributed by atoms with Crippen molar-refractivity contribution in [2.45, 2.75) is 58.6 Å². The molecule has 1 saturated heterocycles. The van der Waals surface area contributed by atoms with Gasteiger partial charge in [0.05, 0.1) is 18.3 Å². The zero-order valence-electron chi connectivity index (χ0n) is 14.1. The van der Waals surface area contributed by atoms with Gasteiger partial charge in [-0.2, -0.15) is 0 Å². The van der Waals surface area contributed by atoms with Crippen LogP contribution in [0.3, 0.4) is 0 Å². The molecule has 2 heterocycles. The second-order valence-corrected chi connectivity index (χ2v) is 7.53. The fraction of sp³-hybridized carbons (Fsp3) is 0.750. The summed E-state index contributed by atoms with van der Waals surface area (Å²) in [5, 5.41) is 9.83. The lowest BCUT2D eigenvalue weighted by atomic mass is 9.93. The summed E-state index contributed by atoms with van der Waals surface area (Å²) in [5.74, 6) is 0.838. The minimum Gasteiger partial charge on any atom is -0.376 e. The molecule has 1 aliphatic heterocycles. The Kier molecular flexibility index (Phi) is 6.20. The molecule has 6 heteroatoms. The maximum Gasteiger partial charge on any atom is 0.191 e. The largest absolute Gasteiger partial charge is 0.376 e. The van der Waals surface area contributed by atoms with Crippen LogP contribution in [0.25, 0.3) is 0 Å². The first-order valence-electron chi connectivity index (χ1n) is 8.07. The van der Waals surface area contributed by atoms with Gasteiger partial charge in [-0.15, -0.1) is 11.3 Å². The number of rotatable bonds is 5. The van der Waals surface area contributed by atoms with Crippen LogP contribution in [0.2, 0.25) is 0 Å². The Morgan fingerprint density at radius 2 is 2.27 bits per heavy atom. The van der Waals surface area contributed by atoms with Gasteiger partial charge in [0.15, 0.2) is 5.96 Å². The Bertz CT molecular complexity index is 487. The lowest BCUT2D eigenvalue weighted by Crippen LogP contribution is -2.41. The highest BCUT2D eigenvalue weighted by molar-refractivity contribution is 7.09. The first-order chi connectivity index (χ1) is 10.5. The average molecular weight is 324 g/mol. The average Bonchev–Trinajstić information content (AvgIpc) is 3.12. The number of nitrogens with one attached hydrogen (secondary N) is 2. The summed E-state index contributed by atoms with van der Waals surface area (Å²) in [6.45, 7) is 11.8. The zero-order chi connectivity index (χ0) is 16.0. The van der Waals surface area contributed by atoms with Gasteiger partial charge in [-0.3, -0.25) is 0 Å². The summed E-state index contributed by atoms with van der Waals surface area (Å²) in [7, 11) is 0. The molecule has 1 fully saturated rings. The van der Waals surface area contributed by atoms with E-state index in [1.807, 2.05) is 0 Å². The van der Waals surface area contributed by atoms with E-state index in [2.05, 4.69) is 53.7 Å². The molecular formula is C16H28N4OS. The van der Waals surface area contributed by atoms with E-state index in [4.69, 9.17) is 4.74 Å². The van der Waals surface area contributed by atoms with Crippen LogP contribution < -0.4 is 10.6 Å². The van der Waals surface area contributed by atoms with E-state index in [0.717, 1.165) is 49.2 Å². The molecule has 0 amide bonds. The van der Waals surface area contributed by atoms with Crippen molar-refractivity contribution in [3.05, 3.63) is 16.1 Å². The lowest BCUT2D eigenvalue weighted by Gasteiger charge is -2.15. The molecule has 0 bridgehead atoms. The molecule has 2 rings (SSSR count). The summed E-state index contributed by atoms with van der Waals surface area (Å²) in [6, 6.07) is 0. The monoisotopic (exact) mass is 324 g/mol. The molecule has 22 heavy (non-hydrogen) atoms. The molecule has 5 nitrogen and oxygen atoms in total.